The highest BCUT2D eigenvalue weighted by Crippen LogP contribution is 2.39. The predicted octanol–water partition coefficient (Wildman–Crippen LogP) is 5.36. The molecule has 4 aromatic rings. The number of rotatable bonds is 8. The van der Waals surface area contributed by atoms with Crippen LogP contribution in [-0.4, -0.2) is 57.7 Å². The largest absolute Gasteiger partial charge is 0.368 e. The lowest BCUT2D eigenvalue weighted by atomic mass is 9.88. The number of sulfone groups is 1. The third-order valence-corrected chi connectivity index (χ3v) is 8.70. The van der Waals surface area contributed by atoms with E-state index >= 15 is 0 Å². The molecule has 3 atom stereocenters. The highest BCUT2D eigenvalue weighted by molar-refractivity contribution is 7.90. The van der Waals surface area contributed by atoms with Gasteiger partial charge in [0.25, 0.3) is 0 Å². The second-order valence-electron chi connectivity index (χ2n) is 10.7. The van der Waals surface area contributed by atoms with Crippen molar-refractivity contribution in [3.8, 4) is 17.5 Å². The number of hydrogen-bond donors (Lipinski definition) is 1. The Hall–Kier alpha value is -3.75. The molecule has 4 heterocycles. The summed E-state index contributed by atoms with van der Waals surface area (Å²) in [6, 6.07) is 9.81. The van der Waals surface area contributed by atoms with Crippen LogP contribution in [0.4, 0.5) is 17.3 Å². The number of pyridine rings is 1. The quantitative estimate of drug-likeness (QED) is 0.293. The third-order valence-electron chi connectivity index (χ3n) is 7.39. The average molecular weight is 579 g/mol. The van der Waals surface area contributed by atoms with E-state index in [0.29, 0.717) is 35.5 Å². The molecule has 3 aromatic heterocycles. The molecular weight excluding hydrogens is 548 g/mol. The Morgan fingerprint density at radius 2 is 1.95 bits per heavy atom. The lowest BCUT2D eigenvalue weighted by Crippen LogP contribution is -2.57. The molecule has 40 heavy (non-hydrogen) atoms. The zero-order valence-corrected chi connectivity index (χ0v) is 24.6. The van der Waals surface area contributed by atoms with Crippen LogP contribution in [0, 0.1) is 17.2 Å². The number of benzene rings is 1. The molecule has 1 aliphatic heterocycles. The van der Waals surface area contributed by atoms with Gasteiger partial charge >= 0.3 is 0 Å². The molecule has 1 aromatic carbocycles. The fraction of sp³-hybridized carbons (Fsp3) is 0.393. The van der Waals surface area contributed by atoms with Gasteiger partial charge in [-0.15, -0.1) is 0 Å². The van der Waals surface area contributed by atoms with Crippen molar-refractivity contribution >= 4 is 49.5 Å². The zero-order valence-electron chi connectivity index (χ0n) is 23.0. The number of anilines is 3. The van der Waals surface area contributed by atoms with Gasteiger partial charge in [0.15, 0.2) is 11.0 Å². The molecule has 12 heteroatoms. The lowest BCUT2D eigenvalue weighted by molar-refractivity contribution is 0.342. The van der Waals surface area contributed by atoms with Gasteiger partial charge < -0.3 is 10.2 Å². The molecule has 0 aliphatic carbocycles. The number of hydrogen-bond acceptors (Lipinski definition) is 9. The van der Waals surface area contributed by atoms with E-state index in [2.05, 4.69) is 64.3 Å². The second kappa shape index (κ2) is 10.7. The minimum atomic E-state index is -3.03. The smallest absolute Gasteiger partial charge is 0.166 e. The SMILES string of the molecule is CC(C)c1ccc(N2C[C@H](CS(C)(=O)=O)[C@H]2C)c2cnc(Nc3ccnc(-c4cn(C(C)C#N)nc4Cl)n3)cc12. The number of aromatic nitrogens is 5. The van der Waals surface area contributed by atoms with Crippen LogP contribution >= 0.6 is 11.6 Å². The lowest BCUT2D eigenvalue weighted by Gasteiger charge is -2.48. The molecule has 0 spiro atoms. The Bertz CT molecular complexity index is 1730. The maximum absolute atomic E-state index is 11.8. The van der Waals surface area contributed by atoms with Crippen molar-refractivity contribution in [2.45, 2.75) is 45.7 Å². The number of nitrogens with zero attached hydrogens (tertiary/aromatic N) is 7. The van der Waals surface area contributed by atoms with Crippen LogP contribution in [0.25, 0.3) is 22.2 Å². The topological polar surface area (TPSA) is 130 Å². The third kappa shape index (κ3) is 5.46. The summed E-state index contributed by atoms with van der Waals surface area (Å²) in [7, 11) is -3.03. The van der Waals surface area contributed by atoms with E-state index in [9.17, 15) is 13.7 Å². The zero-order chi connectivity index (χ0) is 28.8. The van der Waals surface area contributed by atoms with Gasteiger partial charge in [0.05, 0.1) is 17.4 Å². The number of nitriles is 1. The molecule has 0 saturated carbocycles. The van der Waals surface area contributed by atoms with E-state index in [1.54, 1.807) is 25.4 Å². The van der Waals surface area contributed by atoms with Gasteiger partial charge in [-0.05, 0) is 48.9 Å². The average Bonchev–Trinajstić information content (AvgIpc) is 3.30. The second-order valence-corrected chi connectivity index (χ2v) is 13.2. The summed E-state index contributed by atoms with van der Waals surface area (Å²) in [5, 5.41) is 19.0. The Morgan fingerprint density at radius 3 is 2.62 bits per heavy atom. The van der Waals surface area contributed by atoms with Crippen LogP contribution < -0.4 is 10.2 Å². The standard InChI is InChI=1S/C28H31ClN8O2S/c1-16(2)20-6-7-24(36-13-19(18(36)4)15-40(5,38)39)22-12-32-26(10-21(20)22)33-25-8-9-31-28(34-25)23-14-37(17(3)11-30)35-27(23)29/h6-10,12,14,16-19H,13,15H2,1-5H3,(H,31,32,33,34)/t17?,18-,19-/m1/s1. The van der Waals surface area contributed by atoms with Gasteiger partial charge in [-0.3, -0.25) is 4.68 Å². The fourth-order valence-corrected chi connectivity index (χ4v) is 6.50. The summed E-state index contributed by atoms with van der Waals surface area (Å²) < 4.78 is 25.2. The van der Waals surface area contributed by atoms with Gasteiger partial charge in [-0.1, -0.05) is 31.5 Å². The van der Waals surface area contributed by atoms with Crippen LogP contribution in [0.5, 0.6) is 0 Å². The van der Waals surface area contributed by atoms with E-state index in [-0.39, 0.29) is 22.9 Å². The van der Waals surface area contributed by atoms with Crippen LogP contribution in [-0.2, 0) is 9.84 Å². The summed E-state index contributed by atoms with van der Waals surface area (Å²) in [6.07, 6.45) is 6.45. The maximum atomic E-state index is 11.8. The Balaban J connectivity index is 1.45. The molecule has 5 rings (SSSR count). The summed E-state index contributed by atoms with van der Waals surface area (Å²) in [6.45, 7) is 8.81. The van der Waals surface area contributed by atoms with Crippen molar-refractivity contribution in [2.75, 3.05) is 28.8 Å². The van der Waals surface area contributed by atoms with Crippen LogP contribution in [0.2, 0.25) is 5.15 Å². The molecule has 0 radical (unpaired) electrons. The van der Waals surface area contributed by atoms with Crippen molar-refractivity contribution < 1.29 is 8.42 Å². The Morgan fingerprint density at radius 1 is 1.18 bits per heavy atom. The van der Waals surface area contributed by atoms with Crippen LogP contribution in [0.3, 0.4) is 0 Å². The molecule has 208 valence electrons. The molecule has 0 amide bonds. The normalized spacial score (nSPS) is 18.0. The van der Waals surface area contributed by atoms with Crippen molar-refractivity contribution in [2.24, 2.45) is 5.92 Å². The number of fused-ring (bicyclic) bond motifs is 1. The van der Waals surface area contributed by atoms with E-state index in [4.69, 9.17) is 16.6 Å². The predicted molar refractivity (Wildman–Crippen MR) is 158 cm³/mol. The van der Waals surface area contributed by atoms with Gasteiger partial charge in [-0.2, -0.15) is 10.4 Å². The van der Waals surface area contributed by atoms with Crippen molar-refractivity contribution in [3.05, 3.63) is 53.6 Å². The van der Waals surface area contributed by atoms with Crippen LogP contribution in [0.1, 0.15) is 45.2 Å². The van der Waals surface area contributed by atoms with Crippen molar-refractivity contribution in [1.29, 1.82) is 5.26 Å². The summed E-state index contributed by atoms with van der Waals surface area (Å²) in [5.74, 6) is 2.15. The minimum Gasteiger partial charge on any atom is -0.368 e. The highest BCUT2D eigenvalue weighted by atomic mass is 35.5. The summed E-state index contributed by atoms with van der Waals surface area (Å²) >= 11 is 6.33. The van der Waals surface area contributed by atoms with Gasteiger partial charge in [-0.25, -0.2) is 23.4 Å². The first-order valence-electron chi connectivity index (χ1n) is 13.1. The van der Waals surface area contributed by atoms with Gasteiger partial charge in [0.2, 0.25) is 0 Å². The molecule has 1 saturated heterocycles. The van der Waals surface area contributed by atoms with E-state index in [1.165, 1.54) is 16.5 Å². The van der Waals surface area contributed by atoms with Gasteiger partial charge in [0.1, 0.15) is 27.5 Å². The van der Waals surface area contributed by atoms with Gasteiger partial charge in [0, 0.05) is 54.4 Å². The Labute approximate surface area is 238 Å². The van der Waals surface area contributed by atoms with Crippen molar-refractivity contribution in [1.82, 2.24) is 24.7 Å². The number of nitrogens with one attached hydrogen (secondary N) is 1. The maximum Gasteiger partial charge on any atom is 0.166 e. The van der Waals surface area contributed by atoms with E-state index in [1.807, 2.05) is 12.3 Å². The summed E-state index contributed by atoms with van der Waals surface area (Å²) in [4.78, 5) is 15.9. The minimum absolute atomic E-state index is 0.111. The monoisotopic (exact) mass is 578 g/mol. The first-order valence-corrected chi connectivity index (χ1v) is 15.5. The first kappa shape index (κ1) is 27.8. The molecular formula is C28H31ClN8O2S. The van der Waals surface area contributed by atoms with Crippen LogP contribution in [0.15, 0.2) is 42.9 Å². The Kier molecular flexibility index (Phi) is 7.42. The van der Waals surface area contributed by atoms with E-state index < -0.39 is 15.9 Å². The van der Waals surface area contributed by atoms with E-state index in [0.717, 1.165) is 16.5 Å². The first-order chi connectivity index (χ1) is 18.9. The number of halogens is 1. The fourth-order valence-electron chi connectivity index (χ4n) is 5.12. The summed E-state index contributed by atoms with van der Waals surface area (Å²) in [5.41, 5.74) is 2.78. The molecule has 1 aliphatic rings. The molecule has 1 unspecified atom stereocenters. The molecule has 1 fully saturated rings. The molecule has 10 nitrogen and oxygen atoms in total. The van der Waals surface area contributed by atoms with Crippen molar-refractivity contribution in [3.63, 3.8) is 0 Å². The molecule has 1 N–H and O–H groups in total. The molecule has 0 bridgehead atoms. The highest BCUT2D eigenvalue weighted by Gasteiger charge is 2.38.